The average Bonchev–Trinajstić information content (AvgIpc) is 3.52. The summed E-state index contributed by atoms with van der Waals surface area (Å²) in [4.78, 5) is 12.4. The molecule has 4 aromatic heterocycles. The second kappa shape index (κ2) is 7.74. The number of aromatic nitrogens is 6. The molecule has 0 saturated carbocycles. The Hall–Kier alpha value is -4.20. The fourth-order valence-electron chi connectivity index (χ4n) is 3.77. The molecule has 8 heteroatoms. The van der Waals surface area contributed by atoms with Crippen LogP contribution in [0.5, 0.6) is 0 Å². The zero-order chi connectivity index (χ0) is 23.2. The fraction of sp³-hybridized carbons (Fsp3) is 0.200. The van der Waals surface area contributed by atoms with Crippen LogP contribution < -0.4 is 0 Å². The lowest BCUT2D eigenvalue weighted by Crippen LogP contribution is -2.27. The molecule has 0 amide bonds. The van der Waals surface area contributed by atoms with E-state index in [1.54, 1.807) is 17.1 Å². The summed E-state index contributed by atoms with van der Waals surface area (Å²) in [5, 5.41) is 13.0. The maximum absolute atomic E-state index is 12.4. The minimum atomic E-state index is -0.593. The minimum absolute atomic E-state index is 0.513. The van der Waals surface area contributed by atoms with Crippen LogP contribution in [0.15, 0.2) is 73.6 Å². The lowest BCUT2D eigenvalue weighted by atomic mass is 10.00. The molecular weight excluding hydrogens is 416 g/mol. The van der Waals surface area contributed by atoms with E-state index in [0.717, 1.165) is 38.9 Å². The highest BCUT2D eigenvalue weighted by Gasteiger charge is 2.20. The molecule has 0 unspecified atom stereocenters. The van der Waals surface area contributed by atoms with Gasteiger partial charge in [-0.15, -0.1) is 0 Å². The van der Waals surface area contributed by atoms with Gasteiger partial charge in [-0.25, -0.2) is 9.31 Å². The van der Waals surface area contributed by atoms with Crippen molar-refractivity contribution in [2.45, 2.75) is 26.4 Å². The normalized spacial score (nSPS) is 11.8. The van der Waals surface area contributed by atoms with Crippen molar-refractivity contribution in [3.8, 4) is 33.4 Å². The molecule has 33 heavy (non-hydrogen) atoms. The second-order valence-corrected chi connectivity index (χ2v) is 8.91. The van der Waals surface area contributed by atoms with Gasteiger partial charge in [0.2, 0.25) is 0 Å². The number of aryl methyl sites for hydroxylation is 1. The Morgan fingerprint density at radius 1 is 0.818 bits per heavy atom. The summed E-state index contributed by atoms with van der Waals surface area (Å²) in [5.74, 6) is 0. The molecule has 0 atom stereocenters. The van der Waals surface area contributed by atoms with Crippen molar-refractivity contribution >= 4 is 11.6 Å². The van der Waals surface area contributed by atoms with Gasteiger partial charge in [0.15, 0.2) is 0 Å². The molecule has 1 aromatic carbocycles. The lowest BCUT2D eigenvalue weighted by molar-refractivity contribution is 0.0514. The first-order chi connectivity index (χ1) is 15.8. The van der Waals surface area contributed by atoms with Gasteiger partial charge in [0.25, 0.3) is 0 Å². The number of ether oxygens (including phenoxy) is 1. The Balaban J connectivity index is 1.53. The molecule has 0 spiro atoms. The molecule has 166 valence electrons. The monoisotopic (exact) mass is 440 g/mol. The highest BCUT2D eigenvalue weighted by atomic mass is 16.6. The first-order valence-corrected chi connectivity index (χ1v) is 10.6. The third kappa shape index (κ3) is 4.03. The minimum Gasteiger partial charge on any atom is -0.442 e. The van der Waals surface area contributed by atoms with Crippen molar-refractivity contribution in [2.75, 3.05) is 0 Å². The molecule has 0 fully saturated rings. The van der Waals surface area contributed by atoms with E-state index in [1.165, 1.54) is 4.68 Å². The van der Waals surface area contributed by atoms with Gasteiger partial charge in [-0.3, -0.25) is 4.68 Å². The van der Waals surface area contributed by atoms with Crippen molar-refractivity contribution in [3.05, 3.63) is 73.6 Å². The van der Waals surface area contributed by atoms with E-state index in [4.69, 9.17) is 4.74 Å². The zero-order valence-corrected chi connectivity index (χ0v) is 18.9. The molecule has 0 aliphatic rings. The van der Waals surface area contributed by atoms with Crippen LogP contribution in [0.25, 0.3) is 38.9 Å². The number of pyridine rings is 1. The fourth-order valence-corrected chi connectivity index (χ4v) is 3.77. The van der Waals surface area contributed by atoms with Crippen LogP contribution in [-0.4, -0.2) is 40.9 Å². The van der Waals surface area contributed by atoms with Crippen LogP contribution in [0.4, 0.5) is 4.79 Å². The predicted octanol–water partition coefficient (Wildman–Crippen LogP) is 5.05. The van der Waals surface area contributed by atoms with Gasteiger partial charge in [-0.2, -0.15) is 20.0 Å². The van der Waals surface area contributed by atoms with Crippen LogP contribution in [-0.2, 0) is 11.8 Å². The summed E-state index contributed by atoms with van der Waals surface area (Å²) < 4.78 is 10.3. The molecule has 0 radical (unpaired) electrons. The van der Waals surface area contributed by atoms with Crippen molar-refractivity contribution in [1.82, 2.24) is 29.2 Å². The first-order valence-electron chi connectivity index (χ1n) is 10.6. The number of benzene rings is 1. The number of nitrogens with zero attached hydrogens (tertiary/aromatic N) is 6. The number of rotatable bonds is 3. The Labute approximate surface area is 191 Å². The summed E-state index contributed by atoms with van der Waals surface area (Å²) in [6.45, 7) is 5.48. The van der Waals surface area contributed by atoms with Gasteiger partial charge in [-0.05, 0) is 38.0 Å². The Morgan fingerprint density at radius 2 is 1.55 bits per heavy atom. The number of fused-ring (bicyclic) bond motifs is 1. The van der Waals surface area contributed by atoms with E-state index >= 15 is 0 Å². The Morgan fingerprint density at radius 3 is 2.24 bits per heavy atom. The number of carbonyl (C=O) groups is 1. The van der Waals surface area contributed by atoms with E-state index in [1.807, 2.05) is 69.3 Å². The summed E-state index contributed by atoms with van der Waals surface area (Å²) in [5.41, 5.74) is 6.29. The van der Waals surface area contributed by atoms with E-state index in [0.29, 0.717) is 0 Å². The average molecular weight is 441 g/mol. The predicted molar refractivity (Wildman–Crippen MR) is 126 cm³/mol. The highest BCUT2D eigenvalue weighted by Crippen LogP contribution is 2.33. The van der Waals surface area contributed by atoms with E-state index in [9.17, 15) is 4.79 Å². The maximum atomic E-state index is 12.4. The molecule has 0 saturated heterocycles. The third-order valence-electron chi connectivity index (χ3n) is 5.25. The Kier molecular flexibility index (Phi) is 4.85. The summed E-state index contributed by atoms with van der Waals surface area (Å²) in [6.07, 6.45) is 10.4. The molecular formula is C25H24N6O2. The van der Waals surface area contributed by atoms with Gasteiger partial charge in [-0.1, -0.05) is 30.3 Å². The van der Waals surface area contributed by atoms with Crippen molar-refractivity contribution < 1.29 is 9.53 Å². The topological polar surface area (TPSA) is 79.2 Å². The van der Waals surface area contributed by atoms with Gasteiger partial charge >= 0.3 is 6.09 Å². The first kappa shape index (κ1) is 20.7. The van der Waals surface area contributed by atoms with Crippen LogP contribution in [0.2, 0.25) is 0 Å². The van der Waals surface area contributed by atoms with Gasteiger partial charge in [0.05, 0.1) is 24.1 Å². The van der Waals surface area contributed by atoms with Crippen molar-refractivity contribution in [1.29, 1.82) is 0 Å². The van der Waals surface area contributed by atoms with Crippen LogP contribution in [0.3, 0.4) is 0 Å². The zero-order valence-electron chi connectivity index (χ0n) is 18.9. The molecule has 5 aromatic rings. The number of hydrogen-bond donors (Lipinski definition) is 0. The SMILES string of the molecule is Cn1cc(-c2ccc(-c3cnn4cccc(-c5cnn(C(=O)OC(C)(C)C)c5)c34)cc2)cn1. The van der Waals surface area contributed by atoms with E-state index < -0.39 is 11.7 Å². The summed E-state index contributed by atoms with van der Waals surface area (Å²) in [6, 6.07) is 12.3. The molecule has 0 aliphatic carbocycles. The molecule has 4 heterocycles. The number of hydrogen-bond acceptors (Lipinski definition) is 5. The third-order valence-corrected chi connectivity index (χ3v) is 5.25. The Bertz CT molecular complexity index is 1450. The maximum Gasteiger partial charge on any atom is 0.435 e. The van der Waals surface area contributed by atoms with Gasteiger partial charge in [0.1, 0.15) is 5.60 Å². The molecule has 0 N–H and O–H groups in total. The quantitative estimate of drug-likeness (QED) is 0.392. The number of carbonyl (C=O) groups excluding carboxylic acids is 1. The van der Waals surface area contributed by atoms with E-state index in [-0.39, 0.29) is 0 Å². The van der Waals surface area contributed by atoms with Crippen molar-refractivity contribution in [3.63, 3.8) is 0 Å². The molecule has 0 bridgehead atoms. The summed E-state index contributed by atoms with van der Waals surface area (Å²) >= 11 is 0. The molecule has 5 rings (SSSR count). The van der Waals surface area contributed by atoms with Gasteiger partial charge in [0, 0.05) is 47.9 Å². The largest absolute Gasteiger partial charge is 0.442 e. The van der Waals surface area contributed by atoms with Crippen LogP contribution in [0.1, 0.15) is 20.8 Å². The highest BCUT2D eigenvalue weighted by molar-refractivity contribution is 5.93. The van der Waals surface area contributed by atoms with Crippen LogP contribution >= 0.6 is 0 Å². The van der Waals surface area contributed by atoms with E-state index in [2.05, 4.69) is 39.6 Å². The second-order valence-electron chi connectivity index (χ2n) is 8.91. The summed E-state index contributed by atoms with van der Waals surface area (Å²) in [7, 11) is 1.91. The van der Waals surface area contributed by atoms with Gasteiger partial charge < -0.3 is 4.74 Å². The van der Waals surface area contributed by atoms with Crippen LogP contribution in [0, 0.1) is 0 Å². The van der Waals surface area contributed by atoms with Crippen molar-refractivity contribution in [2.24, 2.45) is 7.05 Å². The molecule has 8 nitrogen and oxygen atoms in total. The smallest absolute Gasteiger partial charge is 0.435 e. The standard InChI is InChI=1S/C25H24N6O2/c1-25(2,3)33-24(32)31-16-20(13-27-31)21-6-5-11-30-23(21)22(14-28-30)18-9-7-17(8-10-18)19-12-26-29(4)15-19/h5-16H,1-4H3. The lowest BCUT2D eigenvalue weighted by Gasteiger charge is -2.18. The molecule has 0 aliphatic heterocycles.